The number of fused-ring (bicyclic) bond motifs is 1. The molecule has 29 heavy (non-hydrogen) atoms. The van der Waals surface area contributed by atoms with E-state index in [2.05, 4.69) is 4.99 Å². The summed E-state index contributed by atoms with van der Waals surface area (Å²) >= 11 is 6.98. The number of hydrogen-bond donors (Lipinski definition) is 0. The van der Waals surface area contributed by atoms with Crippen molar-refractivity contribution in [2.75, 3.05) is 16.4 Å². The molecule has 0 unspecified atom stereocenters. The van der Waals surface area contributed by atoms with Crippen LogP contribution in [0.3, 0.4) is 0 Å². The molecule has 0 spiro atoms. The molecule has 2 saturated heterocycles. The van der Waals surface area contributed by atoms with Gasteiger partial charge in [-0.15, -0.1) is 0 Å². The van der Waals surface area contributed by atoms with Gasteiger partial charge in [0.1, 0.15) is 11.6 Å². The van der Waals surface area contributed by atoms with Crippen LogP contribution < -0.4 is 4.90 Å². The Hall–Kier alpha value is -1.97. The highest BCUT2D eigenvalue weighted by molar-refractivity contribution is 8.16. The number of benzene rings is 2. The standard InChI is InChI=1S/C19H15ClF2N2O3S2/c20-12-3-1-11(2-4-12)7-18(25)23-19-24(15-6-5-13(21)8-14(15)22)16-9-29(26,27)10-17(16)28-19/h1-6,8,16-17H,7,9-10H2/t16-,17+/m1/s1. The van der Waals surface area contributed by atoms with Crippen LogP contribution in [0.25, 0.3) is 0 Å². The topological polar surface area (TPSA) is 66.8 Å². The molecule has 10 heteroatoms. The minimum Gasteiger partial charge on any atom is -0.313 e. The number of hydrogen-bond acceptors (Lipinski definition) is 4. The molecule has 0 bridgehead atoms. The molecular weight excluding hydrogens is 442 g/mol. The number of thioether (sulfide) groups is 1. The molecule has 0 aromatic heterocycles. The van der Waals surface area contributed by atoms with Crippen molar-refractivity contribution in [3.8, 4) is 0 Å². The summed E-state index contributed by atoms with van der Waals surface area (Å²) in [5.74, 6) is -2.29. The van der Waals surface area contributed by atoms with Gasteiger partial charge < -0.3 is 4.90 Å². The van der Waals surface area contributed by atoms with Gasteiger partial charge in [-0.1, -0.05) is 35.5 Å². The maximum absolute atomic E-state index is 14.5. The van der Waals surface area contributed by atoms with Crippen LogP contribution in [0.1, 0.15) is 5.56 Å². The van der Waals surface area contributed by atoms with Gasteiger partial charge in [0.15, 0.2) is 15.0 Å². The molecule has 0 saturated carbocycles. The summed E-state index contributed by atoms with van der Waals surface area (Å²) in [7, 11) is -3.28. The summed E-state index contributed by atoms with van der Waals surface area (Å²) in [5, 5.41) is 0.400. The molecule has 4 rings (SSSR count). The van der Waals surface area contributed by atoms with Crippen molar-refractivity contribution in [1.82, 2.24) is 0 Å². The first-order valence-corrected chi connectivity index (χ1v) is 11.8. The number of carbonyl (C=O) groups is 1. The lowest BCUT2D eigenvalue weighted by molar-refractivity contribution is -0.117. The largest absolute Gasteiger partial charge is 0.313 e. The van der Waals surface area contributed by atoms with E-state index >= 15 is 0 Å². The maximum Gasteiger partial charge on any atom is 0.252 e. The molecule has 0 N–H and O–H groups in total. The van der Waals surface area contributed by atoms with Crippen molar-refractivity contribution in [2.24, 2.45) is 4.99 Å². The molecule has 0 radical (unpaired) electrons. The molecule has 0 aliphatic carbocycles. The van der Waals surface area contributed by atoms with Crippen LogP contribution in [-0.4, -0.2) is 42.3 Å². The summed E-state index contributed by atoms with van der Waals surface area (Å²) < 4.78 is 51.9. The second-order valence-electron chi connectivity index (χ2n) is 6.86. The molecule has 2 aromatic carbocycles. The second kappa shape index (κ2) is 7.70. The zero-order valence-corrected chi connectivity index (χ0v) is 17.3. The summed E-state index contributed by atoms with van der Waals surface area (Å²) in [4.78, 5) is 18.0. The van der Waals surface area contributed by atoms with Crippen molar-refractivity contribution in [3.63, 3.8) is 0 Å². The van der Waals surface area contributed by atoms with E-state index in [0.29, 0.717) is 10.6 Å². The van der Waals surface area contributed by atoms with Crippen LogP contribution in [0.4, 0.5) is 14.5 Å². The van der Waals surface area contributed by atoms with Gasteiger partial charge in [-0.25, -0.2) is 17.2 Å². The summed E-state index contributed by atoms with van der Waals surface area (Å²) in [6.07, 6.45) is 0.0224. The molecular formula is C19H15ClF2N2O3S2. The predicted molar refractivity (Wildman–Crippen MR) is 110 cm³/mol. The van der Waals surface area contributed by atoms with Gasteiger partial charge in [0, 0.05) is 16.3 Å². The minimum atomic E-state index is -3.28. The van der Waals surface area contributed by atoms with Crippen LogP contribution in [0, 0.1) is 11.6 Å². The van der Waals surface area contributed by atoms with E-state index in [1.54, 1.807) is 24.3 Å². The Labute approximate surface area is 175 Å². The van der Waals surface area contributed by atoms with Crippen LogP contribution in [0.2, 0.25) is 5.02 Å². The average Bonchev–Trinajstić information content (AvgIpc) is 3.08. The fourth-order valence-corrected chi connectivity index (χ4v) is 7.50. The van der Waals surface area contributed by atoms with Crippen molar-refractivity contribution < 1.29 is 22.0 Å². The monoisotopic (exact) mass is 456 g/mol. The molecule has 2 heterocycles. The Bertz CT molecular complexity index is 1110. The SMILES string of the molecule is O=C(Cc1ccc(Cl)cc1)N=C1S[C@H]2CS(=O)(=O)C[C@H]2N1c1ccc(F)cc1F. The molecule has 1 amide bonds. The van der Waals surface area contributed by atoms with Crippen LogP contribution in [-0.2, 0) is 21.1 Å². The molecule has 2 atom stereocenters. The third-order valence-corrected chi connectivity index (χ3v) is 8.19. The van der Waals surface area contributed by atoms with Crippen molar-refractivity contribution in [2.45, 2.75) is 17.7 Å². The van der Waals surface area contributed by atoms with E-state index < -0.39 is 33.4 Å². The first-order valence-electron chi connectivity index (χ1n) is 8.69. The molecule has 2 fully saturated rings. The number of carbonyl (C=O) groups excluding carboxylic acids is 1. The number of nitrogens with zero attached hydrogens (tertiary/aromatic N) is 2. The lowest BCUT2D eigenvalue weighted by Crippen LogP contribution is -2.38. The number of amides is 1. The lowest BCUT2D eigenvalue weighted by atomic mass is 10.1. The Morgan fingerprint density at radius 3 is 2.59 bits per heavy atom. The van der Waals surface area contributed by atoms with Gasteiger partial charge in [-0.05, 0) is 29.8 Å². The van der Waals surface area contributed by atoms with Crippen LogP contribution in [0.5, 0.6) is 0 Å². The highest BCUT2D eigenvalue weighted by Crippen LogP contribution is 2.41. The first kappa shape index (κ1) is 20.3. The minimum absolute atomic E-state index is 0.00143. The van der Waals surface area contributed by atoms with E-state index in [0.717, 1.165) is 23.9 Å². The quantitative estimate of drug-likeness (QED) is 0.707. The molecule has 5 nitrogen and oxygen atoms in total. The van der Waals surface area contributed by atoms with Crippen molar-refractivity contribution in [3.05, 3.63) is 64.7 Å². The number of rotatable bonds is 3. The zero-order chi connectivity index (χ0) is 20.8. The number of amidine groups is 1. The highest BCUT2D eigenvalue weighted by atomic mass is 35.5. The Morgan fingerprint density at radius 1 is 1.17 bits per heavy atom. The molecule has 2 aliphatic rings. The van der Waals surface area contributed by atoms with Gasteiger partial charge in [0.05, 0.1) is 29.7 Å². The maximum atomic E-state index is 14.5. The fraction of sp³-hybridized carbons (Fsp3) is 0.263. The first-order chi connectivity index (χ1) is 13.7. The predicted octanol–water partition coefficient (Wildman–Crippen LogP) is 3.46. The smallest absolute Gasteiger partial charge is 0.252 e. The summed E-state index contributed by atoms with van der Waals surface area (Å²) in [6, 6.07) is 9.23. The molecule has 2 aliphatic heterocycles. The van der Waals surface area contributed by atoms with E-state index in [9.17, 15) is 22.0 Å². The van der Waals surface area contributed by atoms with Crippen LogP contribution in [0.15, 0.2) is 47.5 Å². The Kier molecular flexibility index (Phi) is 5.39. The van der Waals surface area contributed by atoms with E-state index in [4.69, 9.17) is 11.6 Å². The van der Waals surface area contributed by atoms with Gasteiger partial charge in [-0.2, -0.15) is 4.99 Å². The van der Waals surface area contributed by atoms with Gasteiger partial charge in [0.25, 0.3) is 5.91 Å². The molecule has 152 valence electrons. The van der Waals surface area contributed by atoms with Gasteiger partial charge in [-0.3, -0.25) is 4.79 Å². The molecule has 2 aromatic rings. The number of aliphatic imine (C=N–C) groups is 1. The third kappa shape index (κ3) is 4.31. The van der Waals surface area contributed by atoms with Crippen LogP contribution >= 0.6 is 23.4 Å². The lowest BCUT2D eigenvalue weighted by Gasteiger charge is -2.24. The Balaban J connectivity index is 1.66. The third-order valence-electron chi connectivity index (χ3n) is 4.72. The van der Waals surface area contributed by atoms with Crippen molar-refractivity contribution >= 4 is 50.0 Å². The highest BCUT2D eigenvalue weighted by Gasteiger charge is 2.50. The summed E-state index contributed by atoms with van der Waals surface area (Å²) in [5.41, 5.74) is 0.718. The zero-order valence-electron chi connectivity index (χ0n) is 14.9. The number of halogens is 3. The second-order valence-corrected chi connectivity index (χ2v) is 10.7. The van der Waals surface area contributed by atoms with E-state index in [-0.39, 0.29) is 34.0 Å². The number of anilines is 1. The van der Waals surface area contributed by atoms with Crippen molar-refractivity contribution in [1.29, 1.82) is 0 Å². The summed E-state index contributed by atoms with van der Waals surface area (Å²) in [6.45, 7) is 0. The number of sulfone groups is 1. The van der Waals surface area contributed by atoms with E-state index in [1.165, 1.54) is 11.0 Å². The van der Waals surface area contributed by atoms with Gasteiger partial charge >= 0.3 is 0 Å². The normalized spacial score (nSPS) is 24.1. The fourth-order valence-electron chi connectivity index (χ4n) is 3.45. The Morgan fingerprint density at radius 2 is 1.90 bits per heavy atom. The average molecular weight is 457 g/mol. The van der Waals surface area contributed by atoms with E-state index in [1.807, 2.05) is 0 Å². The van der Waals surface area contributed by atoms with Gasteiger partial charge in [0.2, 0.25) is 0 Å².